The molecule has 0 radical (unpaired) electrons. The predicted molar refractivity (Wildman–Crippen MR) is 66.9 cm³/mol. The molecule has 2 fully saturated rings. The average molecular weight is 274 g/mol. The third kappa shape index (κ3) is 2.01. The lowest BCUT2D eigenvalue weighted by Crippen LogP contribution is -2.50. The van der Waals surface area contributed by atoms with E-state index in [1.165, 1.54) is 7.11 Å². The summed E-state index contributed by atoms with van der Waals surface area (Å²) in [5.41, 5.74) is 0.323. The van der Waals surface area contributed by atoms with Crippen molar-refractivity contribution < 1.29 is 22.8 Å². The quantitative estimate of drug-likeness (QED) is 0.561. The number of carbonyl (C=O) groups excluding carboxylic acids is 1. The predicted octanol–water partition coefficient (Wildman–Crippen LogP) is 1.45. The topological polar surface area (TPSA) is 54.0 Å². The Morgan fingerprint density at radius 2 is 1.56 bits per heavy atom. The minimum Gasteiger partial charge on any atom is -0.469 e. The number of hydrogen-bond acceptors (Lipinski definition) is 5. The summed E-state index contributed by atoms with van der Waals surface area (Å²) in [5.74, 6) is 0.861. The van der Waals surface area contributed by atoms with Gasteiger partial charge in [0.05, 0.1) is 13.0 Å². The Bertz CT molecular complexity index is 309. The van der Waals surface area contributed by atoms with Gasteiger partial charge in [-0.2, -0.15) is 0 Å². The Kier molecular flexibility index (Phi) is 4.10. The van der Waals surface area contributed by atoms with Gasteiger partial charge in [0.15, 0.2) is 0 Å². The van der Waals surface area contributed by atoms with Gasteiger partial charge in [0.2, 0.25) is 0 Å². The zero-order valence-corrected chi connectivity index (χ0v) is 12.5. The molecule has 18 heavy (non-hydrogen) atoms. The molecule has 6 heteroatoms. The van der Waals surface area contributed by atoms with Crippen LogP contribution >= 0.6 is 0 Å². The van der Waals surface area contributed by atoms with Crippen LogP contribution in [-0.4, -0.2) is 43.2 Å². The summed E-state index contributed by atoms with van der Waals surface area (Å²) in [6.45, 7) is 0. The van der Waals surface area contributed by atoms with Crippen molar-refractivity contribution in [3.05, 3.63) is 0 Å². The summed E-state index contributed by atoms with van der Waals surface area (Å²) in [6, 6.07) is 0. The molecule has 2 saturated carbocycles. The summed E-state index contributed by atoms with van der Waals surface area (Å²) in [5, 5.41) is 0. The van der Waals surface area contributed by atoms with Gasteiger partial charge in [-0.1, -0.05) is 0 Å². The van der Waals surface area contributed by atoms with Gasteiger partial charge in [0.1, 0.15) is 0 Å². The van der Waals surface area contributed by atoms with Gasteiger partial charge in [0.25, 0.3) is 0 Å². The molecule has 0 aliphatic heterocycles. The third-order valence-electron chi connectivity index (χ3n) is 4.67. The second kappa shape index (κ2) is 5.28. The van der Waals surface area contributed by atoms with Crippen LogP contribution in [0.5, 0.6) is 0 Å². The summed E-state index contributed by atoms with van der Waals surface area (Å²) >= 11 is 0. The lowest BCUT2D eigenvalue weighted by Gasteiger charge is -2.36. The van der Waals surface area contributed by atoms with Crippen molar-refractivity contribution in [2.75, 3.05) is 28.4 Å². The fourth-order valence-corrected chi connectivity index (χ4v) is 6.70. The van der Waals surface area contributed by atoms with Crippen LogP contribution in [0.25, 0.3) is 0 Å². The molecule has 0 aromatic rings. The second-order valence-corrected chi connectivity index (χ2v) is 8.35. The molecule has 0 aromatic carbocycles. The first kappa shape index (κ1) is 14.0. The first-order valence-electron chi connectivity index (χ1n) is 6.35. The Labute approximate surface area is 109 Å². The Hall–Kier alpha value is -0.433. The number of fused-ring (bicyclic) bond motifs is 2. The van der Waals surface area contributed by atoms with Gasteiger partial charge in [-0.3, -0.25) is 4.79 Å². The van der Waals surface area contributed by atoms with Crippen molar-refractivity contribution in [3.8, 4) is 0 Å². The smallest absolute Gasteiger partial charge is 0.469 e. The molecule has 104 valence electrons. The molecule has 0 aromatic heterocycles. The van der Waals surface area contributed by atoms with E-state index in [4.69, 9.17) is 18.0 Å². The largest absolute Gasteiger partial charge is 0.503 e. The molecule has 2 aliphatic carbocycles. The van der Waals surface area contributed by atoms with E-state index in [0.717, 1.165) is 19.3 Å². The van der Waals surface area contributed by atoms with Crippen LogP contribution in [0, 0.1) is 17.8 Å². The summed E-state index contributed by atoms with van der Waals surface area (Å²) in [6.07, 6.45) is 2.90. The van der Waals surface area contributed by atoms with Crippen LogP contribution in [0.1, 0.15) is 19.3 Å². The highest BCUT2D eigenvalue weighted by atomic mass is 28.4. The van der Waals surface area contributed by atoms with Crippen molar-refractivity contribution in [3.63, 3.8) is 0 Å². The van der Waals surface area contributed by atoms with Crippen LogP contribution in [0.4, 0.5) is 0 Å². The van der Waals surface area contributed by atoms with E-state index in [-0.39, 0.29) is 11.9 Å². The molecule has 0 spiro atoms. The Morgan fingerprint density at radius 3 is 1.94 bits per heavy atom. The number of ether oxygens (including phenoxy) is 1. The molecule has 4 atom stereocenters. The fraction of sp³-hybridized carbons (Fsp3) is 0.917. The Balaban J connectivity index is 2.08. The summed E-state index contributed by atoms with van der Waals surface area (Å²) in [4.78, 5) is 11.7. The second-order valence-electron chi connectivity index (χ2n) is 5.18. The molecule has 0 amide bonds. The molecular formula is C12H22O5Si. The standard InChI is InChI=1S/C12H22O5Si/c1-14-12(13)10-6-9-5-8(10)7-11(9)18(15-2,16-3)17-4/h8-11H,5-7H2,1-4H3. The highest BCUT2D eigenvalue weighted by Crippen LogP contribution is 2.58. The SMILES string of the molecule is COC(=O)C1CC2CC1CC2[Si](OC)(OC)OC. The van der Waals surface area contributed by atoms with Crippen LogP contribution in [0.3, 0.4) is 0 Å². The van der Waals surface area contributed by atoms with Crippen LogP contribution in [0.15, 0.2) is 0 Å². The van der Waals surface area contributed by atoms with E-state index < -0.39 is 8.80 Å². The van der Waals surface area contributed by atoms with Gasteiger partial charge in [-0.15, -0.1) is 0 Å². The molecule has 0 heterocycles. The van der Waals surface area contributed by atoms with Crippen LogP contribution in [-0.2, 0) is 22.8 Å². The highest BCUT2D eigenvalue weighted by molar-refractivity contribution is 6.62. The van der Waals surface area contributed by atoms with E-state index in [0.29, 0.717) is 17.4 Å². The third-order valence-corrected chi connectivity index (χ3v) is 7.99. The maximum absolute atomic E-state index is 11.7. The van der Waals surface area contributed by atoms with Crippen molar-refractivity contribution in [2.45, 2.75) is 24.8 Å². The summed E-state index contributed by atoms with van der Waals surface area (Å²) < 4.78 is 21.6. The first-order chi connectivity index (χ1) is 8.61. The van der Waals surface area contributed by atoms with E-state index in [2.05, 4.69) is 0 Å². The first-order valence-corrected chi connectivity index (χ1v) is 8.15. The molecule has 0 N–H and O–H groups in total. The Morgan fingerprint density at radius 1 is 0.944 bits per heavy atom. The van der Waals surface area contributed by atoms with Crippen LogP contribution in [0.2, 0.25) is 5.54 Å². The lowest BCUT2D eigenvalue weighted by atomic mass is 9.88. The van der Waals surface area contributed by atoms with Crippen molar-refractivity contribution in [2.24, 2.45) is 17.8 Å². The molecule has 5 nitrogen and oxygen atoms in total. The number of carbonyl (C=O) groups is 1. The van der Waals surface area contributed by atoms with Gasteiger partial charge in [0, 0.05) is 26.9 Å². The van der Waals surface area contributed by atoms with Crippen LogP contribution < -0.4 is 0 Å². The minimum atomic E-state index is -2.56. The number of esters is 1. The molecule has 0 saturated heterocycles. The van der Waals surface area contributed by atoms with E-state index in [9.17, 15) is 4.79 Å². The molecule has 2 rings (SSSR count). The number of rotatable bonds is 5. The maximum atomic E-state index is 11.7. The molecule has 2 bridgehead atoms. The molecule has 2 aliphatic rings. The van der Waals surface area contributed by atoms with Gasteiger partial charge < -0.3 is 18.0 Å². The molecule has 4 unspecified atom stereocenters. The monoisotopic (exact) mass is 274 g/mol. The zero-order valence-electron chi connectivity index (χ0n) is 11.5. The van der Waals surface area contributed by atoms with E-state index in [1.807, 2.05) is 0 Å². The number of hydrogen-bond donors (Lipinski definition) is 0. The van der Waals surface area contributed by atoms with Gasteiger partial charge in [-0.25, -0.2) is 0 Å². The van der Waals surface area contributed by atoms with Gasteiger partial charge in [-0.05, 0) is 31.1 Å². The maximum Gasteiger partial charge on any atom is 0.503 e. The minimum absolute atomic E-state index is 0.0634. The molecular weight excluding hydrogens is 252 g/mol. The van der Waals surface area contributed by atoms with E-state index >= 15 is 0 Å². The summed E-state index contributed by atoms with van der Waals surface area (Å²) in [7, 11) is 3.87. The van der Waals surface area contributed by atoms with Crippen molar-refractivity contribution >= 4 is 14.8 Å². The van der Waals surface area contributed by atoms with Crippen molar-refractivity contribution in [1.29, 1.82) is 0 Å². The number of methoxy groups -OCH3 is 1. The van der Waals surface area contributed by atoms with Gasteiger partial charge >= 0.3 is 14.8 Å². The fourth-order valence-electron chi connectivity index (χ4n) is 3.85. The van der Waals surface area contributed by atoms with Crippen molar-refractivity contribution in [1.82, 2.24) is 0 Å². The zero-order chi connectivity index (χ0) is 13.3. The lowest BCUT2D eigenvalue weighted by molar-refractivity contribution is -0.147. The highest BCUT2D eigenvalue weighted by Gasteiger charge is 2.60. The van der Waals surface area contributed by atoms with E-state index in [1.54, 1.807) is 21.3 Å². The average Bonchev–Trinajstić information content (AvgIpc) is 3.01. The normalized spacial score (nSPS) is 34.9.